The van der Waals surface area contributed by atoms with Crippen molar-refractivity contribution >= 4 is 17.6 Å². The Bertz CT molecular complexity index is 265. The minimum atomic E-state index is 0.551. The number of nitrogens with two attached hydrogens (primary N) is 1. The van der Waals surface area contributed by atoms with Crippen LogP contribution in [0.4, 0.5) is 5.82 Å². The lowest BCUT2D eigenvalue weighted by molar-refractivity contribution is 0.901. The lowest BCUT2D eigenvalue weighted by Gasteiger charge is -2.06. The van der Waals surface area contributed by atoms with Crippen LogP contribution in [0.1, 0.15) is 26.1 Å². The number of thioether (sulfide) groups is 1. The fraction of sp³-hybridized carbons (Fsp3) is 0.556. The van der Waals surface area contributed by atoms with Crippen LogP contribution in [0.15, 0.2) is 12.3 Å². The van der Waals surface area contributed by atoms with Crippen LogP contribution in [-0.2, 0) is 5.75 Å². The Balaban J connectivity index is 2.45. The fourth-order valence-corrected chi connectivity index (χ4v) is 1.63. The highest BCUT2D eigenvalue weighted by molar-refractivity contribution is 7.99. The van der Waals surface area contributed by atoms with Crippen molar-refractivity contribution in [2.24, 2.45) is 0 Å². The number of nitrogens with zero attached hydrogens (tertiary/aromatic N) is 2. The van der Waals surface area contributed by atoms with Crippen molar-refractivity contribution in [3.8, 4) is 0 Å². The van der Waals surface area contributed by atoms with Crippen molar-refractivity contribution in [2.45, 2.75) is 31.3 Å². The molecular weight excluding hydrogens is 182 g/mol. The Kier molecular flexibility index (Phi) is 4.02. The summed E-state index contributed by atoms with van der Waals surface area (Å²) in [7, 11) is 0. The van der Waals surface area contributed by atoms with E-state index in [2.05, 4.69) is 23.8 Å². The molecule has 0 saturated heterocycles. The van der Waals surface area contributed by atoms with Gasteiger partial charge in [0, 0.05) is 11.4 Å². The molecule has 1 atom stereocenters. The zero-order valence-corrected chi connectivity index (χ0v) is 8.84. The first-order valence-electron chi connectivity index (χ1n) is 4.41. The zero-order chi connectivity index (χ0) is 9.68. The van der Waals surface area contributed by atoms with Crippen LogP contribution in [0.25, 0.3) is 0 Å². The molecule has 4 heteroatoms. The van der Waals surface area contributed by atoms with E-state index in [1.807, 2.05) is 11.8 Å². The molecule has 0 amide bonds. The summed E-state index contributed by atoms with van der Waals surface area (Å²) in [4.78, 5) is 8.26. The van der Waals surface area contributed by atoms with Crippen molar-refractivity contribution in [3.63, 3.8) is 0 Å². The molecule has 1 heterocycles. The molecule has 0 radical (unpaired) electrons. The summed E-state index contributed by atoms with van der Waals surface area (Å²) >= 11 is 1.86. The van der Waals surface area contributed by atoms with Gasteiger partial charge in [-0.25, -0.2) is 9.97 Å². The summed E-state index contributed by atoms with van der Waals surface area (Å²) in [5, 5.41) is 0.657. The highest BCUT2D eigenvalue weighted by Crippen LogP contribution is 2.17. The highest BCUT2D eigenvalue weighted by Gasteiger charge is 2.02. The van der Waals surface area contributed by atoms with Crippen molar-refractivity contribution in [3.05, 3.63) is 18.1 Å². The van der Waals surface area contributed by atoms with Crippen LogP contribution in [0.5, 0.6) is 0 Å². The van der Waals surface area contributed by atoms with Gasteiger partial charge < -0.3 is 5.73 Å². The van der Waals surface area contributed by atoms with Gasteiger partial charge in [-0.05, 0) is 12.5 Å². The second-order valence-electron chi connectivity index (χ2n) is 2.93. The summed E-state index contributed by atoms with van der Waals surface area (Å²) in [6, 6.07) is 1.71. The lowest BCUT2D eigenvalue weighted by atomic mass is 10.4. The number of anilines is 1. The van der Waals surface area contributed by atoms with Gasteiger partial charge in [-0.3, -0.25) is 0 Å². The average molecular weight is 197 g/mol. The number of hydrogen-bond acceptors (Lipinski definition) is 4. The van der Waals surface area contributed by atoms with E-state index in [0.29, 0.717) is 11.1 Å². The first-order chi connectivity index (χ1) is 6.22. The van der Waals surface area contributed by atoms with E-state index in [1.165, 1.54) is 6.42 Å². The Labute approximate surface area is 83.2 Å². The van der Waals surface area contributed by atoms with E-state index in [4.69, 9.17) is 5.73 Å². The largest absolute Gasteiger partial charge is 0.384 e. The lowest BCUT2D eigenvalue weighted by Crippen LogP contribution is -1.99. The van der Waals surface area contributed by atoms with Gasteiger partial charge >= 0.3 is 0 Å². The molecule has 0 aliphatic heterocycles. The third-order valence-corrected chi connectivity index (χ3v) is 3.13. The van der Waals surface area contributed by atoms with Crippen LogP contribution >= 0.6 is 11.8 Å². The van der Waals surface area contributed by atoms with Gasteiger partial charge in [0.05, 0.1) is 5.75 Å². The molecule has 1 rings (SSSR count). The molecule has 1 aromatic rings. The van der Waals surface area contributed by atoms with E-state index in [1.54, 1.807) is 12.3 Å². The molecule has 0 aromatic carbocycles. The summed E-state index contributed by atoms with van der Waals surface area (Å²) in [6.45, 7) is 4.38. The number of rotatable bonds is 4. The third-order valence-electron chi connectivity index (χ3n) is 1.80. The molecule has 0 aliphatic carbocycles. The quantitative estimate of drug-likeness (QED) is 0.803. The Morgan fingerprint density at radius 3 is 3.00 bits per heavy atom. The SMILES string of the molecule is CCC(C)SCc1nccc(N)n1. The van der Waals surface area contributed by atoms with E-state index in [9.17, 15) is 0 Å². The minimum absolute atomic E-state index is 0.551. The topological polar surface area (TPSA) is 51.8 Å². The number of hydrogen-bond donors (Lipinski definition) is 1. The minimum Gasteiger partial charge on any atom is -0.384 e. The highest BCUT2D eigenvalue weighted by atomic mass is 32.2. The summed E-state index contributed by atoms with van der Waals surface area (Å²) < 4.78 is 0. The van der Waals surface area contributed by atoms with E-state index >= 15 is 0 Å². The van der Waals surface area contributed by atoms with Crippen molar-refractivity contribution in [2.75, 3.05) is 5.73 Å². The van der Waals surface area contributed by atoms with E-state index in [-0.39, 0.29) is 0 Å². The Morgan fingerprint density at radius 1 is 1.62 bits per heavy atom. The van der Waals surface area contributed by atoms with Gasteiger partial charge in [-0.2, -0.15) is 11.8 Å². The van der Waals surface area contributed by atoms with Crippen LogP contribution in [0.3, 0.4) is 0 Å². The standard InChI is InChI=1S/C9H15N3S/c1-3-7(2)13-6-9-11-5-4-8(10)12-9/h4-5,7H,3,6H2,1-2H3,(H2,10,11,12). The molecule has 1 unspecified atom stereocenters. The molecule has 13 heavy (non-hydrogen) atoms. The van der Waals surface area contributed by atoms with E-state index in [0.717, 1.165) is 11.6 Å². The molecule has 0 saturated carbocycles. The maximum Gasteiger partial charge on any atom is 0.140 e. The van der Waals surface area contributed by atoms with Gasteiger partial charge in [0.15, 0.2) is 0 Å². The maximum absolute atomic E-state index is 5.54. The molecule has 0 fully saturated rings. The van der Waals surface area contributed by atoms with Crippen LogP contribution in [-0.4, -0.2) is 15.2 Å². The molecule has 72 valence electrons. The molecule has 2 N–H and O–H groups in total. The molecule has 0 bridgehead atoms. The average Bonchev–Trinajstić information content (AvgIpc) is 2.14. The Morgan fingerprint density at radius 2 is 2.38 bits per heavy atom. The van der Waals surface area contributed by atoms with Crippen LogP contribution < -0.4 is 5.73 Å². The molecule has 0 spiro atoms. The van der Waals surface area contributed by atoms with Gasteiger partial charge in [-0.15, -0.1) is 0 Å². The predicted octanol–water partition coefficient (Wildman–Crippen LogP) is 2.09. The monoisotopic (exact) mass is 197 g/mol. The van der Waals surface area contributed by atoms with Gasteiger partial charge in [-0.1, -0.05) is 13.8 Å². The van der Waals surface area contributed by atoms with Crippen molar-refractivity contribution < 1.29 is 0 Å². The van der Waals surface area contributed by atoms with Crippen molar-refractivity contribution in [1.29, 1.82) is 0 Å². The summed E-state index contributed by atoms with van der Waals surface area (Å²) in [6.07, 6.45) is 2.88. The van der Waals surface area contributed by atoms with Gasteiger partial charge in [0.2, 0.25) is 0 Å². The van der Waals surface area contributed by atoms with Crippen molar-refractivity contribution in [1.82, 2.24) is 9.97 Å². The molecule has 3 nitrogen and oxygen atoms in total. The first-order valence-corrected chi connectivity index (χ1v) is 5.46. The fourth-order valence-electron chi connectivity index (χ4n) is 0.819. The second kappa shape index (κ2) is 5.07. The predicted molar refractivity (Wildman–Crippen MR) is 57.5 cm³/mol. The summed E-state index contributed by atoms with van der Waals surface area (Å²) in [5.41, 5.74) is 5.54. The third kappa shape index (κ3) is 3.63. The maximum atomic E-state index is 5.54. The van der Waals surface area contributed by atoms with Crippen LogP contribution in [0, 0.1) is 0 Å². The molecule has 0 aliphatic rings. The Hall–Kier alpha value is -0.770. The first kappa shape index (κ1) is 10.3. The molecular formula is C9H15N3S. The van der Waals surface area contributed by atoms with E-state index < -0.39 is 0 Å². The second-order valence-corrected chi connectivity index (χ2v) is 4.35. The normalized spacial score (nSPS) is 12.8. The zero-order valence-electron chi connectivity index (χ0n) is 8.03. The van der Waals surface area contributed by atoms with Crippen LogP contribution in [0.2, 0.25) is 0 Å². The summed E-state index contributed by atoms with van der Waals surface area (Å²) in [5.74, 6) is 2.22. The van der Waals surface area contributed by atoms with Gasteiger partial charge in [0.25, 0.3) is 0 Å². The van der Waals surface area contributed by atoms with Gasteiger partial charge in [0.1, 0.15) is 11.6 Å². The number of nitrogen functional groups attached to an aromatic ring is 1. The number of aromatic nitrogens is 2. The molecule has 1 aromatic heterocycles. The smallest absolute Gasteiger partial charge is 0.140 e.